The largest absolute Gasteiger partial charge is 0.306 e. The number of hydrogen-bond acceptors (Lipinski definition) is 3. The molecule has 5 nitrogen and oxygen atoms in total. The third-order valence-electron chi connectivity index (χ3n) is 1.64. The molecule has 1 aliphatic rings. The van der Waals surface area contributed by atoms with E-state index in [2.05, 4.69) is 0 Å². The number of carbonyl (C=O) groups is 1. The normalized spacial score (nSPS) is 20.8. The van der Waals surface area contributed by atoms with E-state index >= 15 is 0 Å². The molecule has 0 saturated carbocycles. The molecule has 0 aromatic carbocycles. The van der Waals surface area contributed by atoms with Crippen LogP contribution in [-0.4, -0.2) is 43.1 Å². The van der Waals surface area contributed by atoms with Gasteiger partial charge in [0.25, 0.3) is 0 Å². The summed E-state index contributed by atoms with van der Waals surface area (Å²) >= 11 is 0. The standard InChI is InChI=1S/C5H10N2O3S.C2H6/c1-5(8)7-4-3-6(2)11(7,9)10;1-2/h3-4H2,1-2H3;1-2H3. The Morgan fingerprint density at radius 3 is 1.85 bits per heavy atom. The second-order valence-corrected chi connectivity index (χ2v) is 4.38. The third-order valence-corrected chi connectivity index (χ3v) is 3.61. The second-order valence-electron chi connectivity index (χ2n) is 2.42. The van der Waals surface area contributed by atoms with Crippen LogP contribution in [0.4, 0.5) is 0 Å². The molecule has 0 aromatic rings. The lowest BCUT2D eigenvalue weighted by molar-refractivity contribution is -0.123. The summed E-state index contributed by atoms with van der Waals surface area (Å²) in [7, 11) is -1.99. The van der Waals surface area contributed by atoms with Gasteiger partial charge in [-0.05, 0) is 0 Å². The second kappa shape index (κ2) is 4.57. The highest BCUT2D eigenvalue weighted by atomic mass is 32.2. The van der Waals surface area contributed by atoms with Crippen molar-refractivity contribution in [1.29, 1.82) is 0 Å². The fourth-order valence-electron chi connectivity index (χ4n) is 0.951. The molecule has 0 radical (unpaired) electrons. The summed E-state index contributed by atoms with van der Waals surface area (Å²) < 4.78 is 24.4. The van der Waals surface area contributed by atoms with E-state index in [1.165, 1.54) is 14.0 Å². The summed E-state index contributed by atoms with van der Waals surface area (Å²) in [6, 6.07) is 0. The molecule has 0 atom stereocenters. The number of amides is 1. The summed E-state index contributed by atoms with van der Waals surface area (Å²) in [5, 5.41) is 0. The molecule has 6 heteroatoms. The summed E-state index contributed by atoms with van der Waals surface area (Å²) in [4.78, 5) is 10.7. The van der Waals surface area contributed by atoms with Gasteiger partial charge in [-0.25, -0.2) is 4.31 Å². The minimum Gasteiger partial charge on any atom is -0.274 e. The Hall–Kier alpha value is -0.620. The molecule has 0 unspecified atom stereocenters. The highest BCUT2D eigenvalue weighted by Crippen LogP contribution is 2.13. The van der Waals surface area contributed by atoms with E-state index < -0.39 is 16.1 Å². The molecular formula is C7H16N2O3S. The van der Waals surface area contributed by atoms with Crippen molar-refractivity contribution in [3.05, 3.63) is 0 Å². The zero-order valence-corrected chi connectivity index (χ0v) is 9.26. The van der Waals surface area contributed by atoms with Gasteiger partial charge in [0, 0.05) is 20.5 Å². The minimum absolute atomic E-state index is 0.272. The van der Waals surface area contributed by atoms with Crippen molar-refractivity contribution in [3.8, 4) is 0 Å². The van der Waals surface area contributed by atoms with Crippen LogP contribution in [0.25, 0.3) is 0 Å². The molecule has 1 rings (SSSR count). The fourth-order valence-corrected chi connectivity index (χ4v) is 2.24. The van der Waals surface area contributed by atoms with E-state index in [0.717, 1.165) is 8.61 Å². The highest BCUT2D eigenvalue weighted by molar-refractivity contribution is 7.87. The Morgan fingerprint density at radius 1 is 1.23 bits per heavy atom. The monoisotopic (exact) mass is 208 g/mol. The number of rotatable bonds is 0. The van der Waals surface area contributed by atoms with Gasteiger partial charge in [0.2, 0.25) is 5.91 Å². The Labute approximate surface area is 79.5 Å². The molecule has 1 aliphatic heterocycles. The van der Waals surface area contributed by atoms with Crippen molar-refractivity contribution in [2.24, 2.45) is 0 Å². The van der Waals surface area contributed by atoms with Crippen LogP contribution in [0, 0.1) is 0 Å². The third kappa shape index (κ3) is 2.41. The molecule has 0 aliphatic carbocycles. The van der Waals surface area contributed by atoms with Crippen LogP contribution in [0.2, 0.25) is 0 Å². The number of hydrogen-bond donors (Lipinski definition) is 0. The van der Waals surface area contributed by atoms with Crippen LogP contribution >= 0.6 is 0 Å². The van der Waals surface area contributed by atoms with Crippen molar-refractivity contribution in [1.82, 2.24) is 8.61 Å². The van der Waals surface area contributed by atoms with E-state index in [1.807, 2.05) is 13.8 Å². The molecule has 78 valence electrons. The molecule has 1 saturated heterocycles. The topological polar surface area (TPSA) is 57.7 Å². The number of nitrogens with zero attached hydrogens (tertiary/aromatic N) is 2. The number of likely N-dealkylation sites (N-methyl/N-ethyl adjacent to an activating group) is 1. The zero-order valence-electron chi connectivity index (χ0n) is 8.44. The Balaban J connectivity index is 0.000000671. The van der Waals surface area contributed by atoms with E-state index in [-0.39, 0.29) is 6.54 Å². The van der Waals surface area contributed by atoms with Crippen LogP contribution in [0.1, 0.15) is 20.8 Å². The van der Waals surface area contributed by atoms with Gasteiger partial charge in [-0.1, -0.05) is 13.8 Å². The summed E-state index contributed by atoms with van der Waals surface area (Å²) in [6.07, 6.45) is 0. The Kier molecular flexibility index (Phi) is 4.35. The number of carbonyl (C=O) groups excluding carboxylic acids is 1. The fraction of sp³-hybridized carbons (Fsp3) is 0.857. The highest BCUT2D eigenvalue weighted by Gasteiger charge is 2.35. The maximum atomic E-state index is 11.2. The van der Waals surface area contributed by atoms with Crippen molar-refractivity contribution >= 4 is 16.1 Å². The van der Waals surface area contributed by atoms with E-state index in [4.69, 9.17) is 0 Å². The predicted octanol–water partition coefficient (Wildman–Crippen LogP) is 0.0513. The van der Waals surface area contributed by atoms with Gasteiger partial charge in [0.1, 0.15) is 0 Å². The molecule has 13 heavy (non-hydrogen) atoms. The van der Waals surface area contributed by atoms with Crippen LogP contribution in [0.15, 0.2) is 0 Å². The molecular weight excluding hydrogens is 192 g/mol. The lowest BCUT2D eigenvalue weighted by Gasteiger charge is -2.12. The van der Waals surface area contributed by atoms with Crippen molar-refractivity contribution in [2.75, 3.05) is 20.1 Å². The molecule has 1 heterocycles. The zero-order chi connectivity index (χ0) is 10.6. The van der Waals surface area contributed by atoms with Crippen molar-refractivity contribution < 1.29 is 13.2 Å². The van der Waals surface area contributed by atoms with Crippen LogP contribution < -0.4 is 0 Å². The smallest absolute Gasteiger partial charge is 0.274 e. The van der Waals surface area contributed by atoms with Gasteiger partial charge < -0.3 is 0 Å². The van der Waals surface area contributed by atoms with Gasteiger partial charge in [0.05, 0.1) is 6.54 Å². The summed E-state index contributed by atoms with van der Waals surface area (Å²) in [5.41, 5.74) is 0. The molecule has 0 aromatic heterocycles. The molecule has 1 amide bonds. The minimum atomic E-state index is -3.45. The van der Waals surface area contributed by atoms with E-state index in [9.17, 15) is 13.2 Å². The van der Waals surface area contributed by atoms with Crippen LogP contribution in [0.5, 0.6) is 0 Å². The average Bonchev–Trinajstić information content (AvgIpc) is 2.31. The van der Waals surface area contributed by atoms with Crippen LogP contribution in [-0.2, 0) is 15.0 Å². The summed E-state index contributed by atoms with van der Waals surface area (Å²) in [6.45, 7) is 5.91. The van der Waals surface area contributed by atoms with Gasteiger partial charge in [-0.3, -0.25) is 4.79 Å². The maximum Gasteiger partial charge on any atom is 0.306 e. The Morgan fingerprint density at radius 2 is 1.69 bits per heavy atom. The van der Waals surface area contributed by atoms with Crippen molar-refractivity contribution in [3.63, 3.8) is 0 Å². The summed E-state index contributed by atoms with van der Waals surface area (Å²) in [5.74, 6) is -0.422. The molecule has 0 bridgehead atoms. The first-order valence-electron chi connectivity index (χ1n) is 4.21. The van der Waals surface area contributed by atoms with Crippen molar-refractivity contribution in [2.45, 2.75) is 20.8 Å². The quantitative estimate of drug-likeness (QED) is 0.565. The molecule has 0 N–H and O–H groups in total. The van der Waals surface area contributed by atoms with Gasteiger partial charge in [-0.15, -0.1) is 0 Å². The van der Waals surface area contributed by atoms with Crippen LogP contribution in [0.3, 0.4) is 0 Å². The average molecular weight is 208 g/mol. The Bertz CT molecular complexity index is 273. The van der Waals surface area contributed by atoms with E-state index in [1.54, 1.807) is 0 Å². The molecule has 0 spiro atoms. The predicted molar refractivity (Wildman–Crippen MR) is 50.3 cm³/mol. The lowest BCUT2D eigenvalue weighted by atomic mass is 10.6. The van der Waals surface area contributed by atoms with E-state index in [0.29, 0.717) is 6.54 Å². The van der Waals surface area contributed by atoms with Gasteiger partial charge in [-0.2, -0.15) is 12.7 Å². The first-order chi connectivity index (χ1) is 5.96. The van der Waals surface area contributed by atoms with Gasteiger partial charge in [0.15, 0.2) is 0 Å². The first kappa shape index (κ1) is 12.4. The maximum absolute atomic E-state index is 11.2. The lowest BCUT2D eigenvalue weighted by Crippen LogP contribution is -2.34. The van der Waals surface area contributed by atoms with Gasteiger partial charge >= 0.3 is 10.2 Å². The SMILES string of the molecule is CC.CC(=O)N1CCN(C)S1(=O)=O. The molecule has 1 fully saturated rings. The first-order valence-corrected chi connectivity index (χ1v) is 5.60.